The number of esters is 1. The Morgan fingerprint density at radius 1 is 1.28 bits per heavy atom. The van der Waals surface area contributed by atoms with Crippen molar-refractivity contribution in [1.82, 2.24) is 0 Å². The number of rotatable bonds is 5. The summed E-state index contributed by atoms with van der Waals surface area (Å²) in [5, 5.41) is 9.66. The maximum absolute atomic E-state index is 11.2. The highest BCUT2D eigenvalue weighted by Gasteiger charge is 2.09. The molecule has 0 aliphatic rings. The largest absolute Gasteiger partial charge is 0.507 e. The van der Waals surface area contributed by atoms with Crippen LogP contribution in [0.2, 0.25) is 0 Å². The molecule has 0 saturated carbocycles. The van der Waals surface area contributed by atoms with Crippen molar-refractivity contribution in [2.24, 2.45) is 0 Å². The molecule has 0 fully saturated rings. The Balaban J connectivity index is 2.64. The molecule has 0 aliphatic heterocycles. The van der Waals surface area contributed by atoms with Crippen molar-refractivity contribution in [2.45, 2.75) is 6.92 Å². The van der Waals surface area contributed by atoms with Gasteiger partial charge in [0.25, 0.3) is 5.78 Å². The minimum absolute atomic E-state index is 0.0171. The molecule has 0 spiro atoms. The standard InChI is InChI=1S/C14H14O4/c1-2-18-14(17)13(16)10-6-9-12(15)11-7-4-3-5-8-11/h3-10,15H,2H2,1H3/b10-6+,12-9-. The van der Waals surface area contributed by atoms with Crippen molar-refractivity contribution in [3.05, 3.63) is 54.1 Å². The van der Waals surface area contributed by atoms with Crippen LogP contribution in [-0.4, -0.2) is 23.5 Å². The third kappa shape index (κ3) is 4.25. The number of hydrogen-bond donors (Lipinski definition) is 1. The van der Waals surface area contributed by atoms with E-state index in [1.165, 1.54) is 12.2 Å². The van der Waals surface area contributed by atoms with E-state index in [1.54, 1.807) is 31.2 Å². The second kappa shape index (κ2) is 7.06. The van der Waals surface area contributed by atoms with E-state index in [-0.39, 0.29) is 12.4 Å². The van der Waals surface area contributed by atoms with Crippen LogP contribution in [0.1, 0.15) is 12.5 Å². The highest BCUT2D eigenvalue weighted by Crippen LogP contribution is 2.09. The van der Waals surface area contributed by atoms with Crippen molar-refractivity contribution < 1.29 is 19.4 Å². The summed E-state index contributed by atoms with van der Waals surface area (Å²) in [4.78, 5) is 22.2. The smallest absolute Gasteiger partial charge is 0.379 e. The fraction of sp³-hybridized carbons (Fsp3) is 0.143. The molecule has 0 atom stereocenters. The lowest BCUT2D eigenvalue weighted by molar-refractivity contribution is -0.151. The quantitative estimate of drug-likeness (QED) is 0.284. The molecule has 0 aromatic heterocycles. The zero-order valence-corrected chi connectivity index (χ0v) is 10.00. The third-order valence-electron chi connectivity index (χ3n) is 2.05. The Morgan fingerprint density at radius 2 is 1.94 bits per heavy atom. The van der Waals surface area contributed by atoms with Crippen LogP contribution in [0, 0.1) is 0 Å². The third-order valence-corrected chi connectivity index (χ3v) is 2.05. The predicted octanol–water partition coefficient (Wildman–Crippen LogP) is 2.27. The summed E-state index contributed by atoms with van der Waals surface area (Å²) >= 11 is 0. The number of aliphatic hydroxyl groups is 1. The summed E-state index contributed by atoms with van der Waals surface area (Å²) in [5.41, 5.74) is 0.630. The predicted molar refractivity (Wildman–Crippen MR) is 67.8 cm³/mol. The van der Waals surface area contributed by atoms with E-state index < -0.39 is 11.8 Å². The number of aliphatic hydroxyl groups excluding tert-OH is 1. The number of carbonyl (C=O) groups excluding carboxylic acids is 2. The monoisotopic (exact) mass is 246 g/mol. The number of benzene rings is 1. The van der Waals surface area contributed by atoms with Gasteiger partial charge in [-0.2, -0.15) is 0 Å². The van der Waals surface area contributed by atoms with E-state index in [9.17, 15) is 14.7 Å². The van der Waals surface area contributed by atoms with Gasteiger partial charge in [-0.05, 0) is 19.1 Å². The van der Waals surface area contributed by atoms with Gasteiger partial charge in [0.15, 0.2) is 0 Å². The Kier molecular flexibility index (Phi) is 5.38. The highest BCUT2D eigenvalue weighted by atomic mass is 16.5. The topological polar surface area (TPSA) is 63.6 Å². The van der Waals surface area contributed by atoms with Gasteiger partial charge in [0.2, 0.25) is 0 Å². The normalized spacial score (nSPS) is 11.5. The zero-order chi connectivity index (χ0) is 13.4. The SMILES string of the molecule is CCOC(=O)C(=O)/C=C/C=C(\O)c1ccccc1. The first-order valence-corrected chi connectivity index (χ1v) is 5.49. The number of allylic oxidation sites excluding steroid dienone is 2. The highest BCUT2D eigenvalue weighted by molar-refractivity contribution is 6.38. The van der Waals surface area contributed by atoms with Crippen molar-refractivity contribution >= 4 is 17.5 Å². The molecule has 0 bridgehead atoms. The summed E-state index contributed by atoms with van der Waals surface area (Å²) in [7, 11) is 0. The molecule has 0 saturated heterocycles. The first kappa shape index (κ1) is 13.7. The Morgan fingerprint density at radius 3 is 2.56 bits per heavy atom. The van der Waals surface area contributed by atoms with Gasteiger partial charge in [-0.1, -0.05) is 36.4 Å². The van der Waals surface area contributed by atoms with Crippen LogP contribution in [0.25, 0.3) is 5.76 Å². The number of ether oxygens (including phenoxy) is 1. The second-order valence-corrected chi connectivity index (χ2v) is 3.36. The molecule has 0 radical (unpaired) electrons. The van der Waals surface area contributed by atoms with Gasteiger partial charge in [0.1, 0.15) is 5.76 Å². The Hall–Kier alpha value is -2.36. The van der Waals surface area contributed by atoms with E-state index in [0.717, 1.165) is 6.08 Å². The molecule has 1 N–H and O–H groups in total. The van der Waals surface area contributed by atoms with Crippen LogP contribution in [0.15, 0.2) is 48.6 Å². The molecule has 1 rings (SSSR count). The fourth-order valence-corrected chi connectivity index (χ4v) is 1.20. The van der Waals surface area contributed by atoms with Crippen molar-refractivity contribution in [3.63, 3.8) is 0 Å². The molecule has 1 aromatic rings. The van der Waals surface area contributed by atoms with Crippen molar-refractivity contribution in [1.29, 1.82) is 0 Å². The molecular formula is C14H14O4. The van der Waals surface area contributed by atoms with E-state index >= 15 is 0 Å². The minimum atomic E-state index is -0.902. The van der Waals surface area contributed by atoms with Gasteiger partial charge in [-0.3, -0.25) is 4.79 Å². The van der Waals surface area contributed by atoms with Crippen LogP contribution >= 0.6 is 0 Å². The van der Waals surface area contributed by atoms with E-state index in [2.05, 4.69) is 4.74 Å². The number of carbonyl (C=O) groups is 2. The van der Waals surface area contributed by atoms with Gasteiger partial charge >= 0.3 is 5.97 Å². The maximum Gasteiger partial charge on any atom is 0.379 e. The van der Waals surface area contributed by atoms with Crippen LogP contribution in [0.4, 0.5) is 0 Å². The number of hydrogen-bond acceptors (Lipinski definition) is 4. The molecule has 4 heteroatoms. The second-order valence-electron chi connectivity index (χ2n) is 3.36. The van der Waals surface area contributed by atoms with Gasteiger partial charge in [-0.25, -0.2) is 4.79 Å². The van der Waals surface area contributed by atoms with Gasteiger partial charge in [-0.15, -0.1) is 0 Å². The molecule has 1 aromatic carbocycles. The first-order valence-electron chi connectivity index (χ1n) is 5.49. The van der Waals surface area contributed by atoms with E-state index in [4.69, 9.17) is 0 Å². The summed E-state index contributed by atoms with van der Waals surface area (Å²) < 4.78 is 4.52. The van der Waals surface area contributed by atoms with Crippen LogP contribution in [0.5, 0.6) is 0 Å². The Bertz CT molecular complexity index is 472. The van der Waals surface area contributed by atoms with Crippen molar-refractivity contribution in [2.75, 3.05) is 6.61 Å². The van der Waals surface area contributed by atoms with Gasteiger partial charge in [0.05, 0.1) is 6.61 Å². The fourth-order valence-electron chi connectivity index (χ4n) is 1.20. The molecule has 0 amide bonds. The summed E-state index contributed by atoms with van der Waals surface area (Å²) in [6.07, 6.45) is 3.70. The van der Waals surface area contributed by atoms with Crippen LogP contribution in [0.3, 0.4) is 0 Å². The van der Waals surface area contributed by atoms with Crippen molar-refractivity contribution in [3.8, 4) is 0 Å². The summed E-state index contributed by atoms with van der Waals surface area (Å²) in [6, 6.07) is 8.86. The maximum atomic E-state index is 11.2. The zero-order valence-electron chi connectivity index (χ0n) is 10.00. The molecule has 94 valence electrons. The lowest BCUT2D eigenvalue weighted by atomic mass is 10.2. The minimum Gasteiger partial charge on any atom is -0.507 e. The van der Waals surface area contributed by atoms with Crippen LogP contribution in [-0.2, 0) is 14.3 Å². The summed E-state index contributed by atoms with van der Waals surface area (Å²) in [5.74, 6) is -1.64. The lowest BCUT2D eigenvalue weighted by Gasteiger charge is -1.97. The molecule has 4 nitrogen and oxygen atoms in total. The van der Waals surface area contributed by atoms with Gasteiger partial charge < -0.3 is 9.84 Å². The van der Waals surface area contributed by atoms with E-state index in [1.807, 2.05) is 6.07 Å². The average Bonchev–Trinajstić information content (AvgIpc) is 2.39. The molecule has 0 heterocycles. The summed E-state index contributed by atoms with van der Waals surface area (Å²) in [6.45, 7) is 1.78. The number of ketones is 1. The Labute approximate surface area is 105 Å². The molecule has 18 heavy (non-hydrogen) atoms. The average molecular weight is 246 g/mol. The van der Waals surface area contributed by atoms with Crippen LogP contribution < -0.4 is 0 Å². The first-order chi connectivity index (χ1) is 8.65. The lowest BCUT2D eigenvalue weighted by Crippen LogP contribution is -2.14. The molecule has 0 unspecified atom stereocenters. The van der Waals surface area contributed by atoms with E-state index in [0.29, 0.717) is 5.56 Å². The van der Waals surface area contributed by atoms with Gasteiger partial charge in [0, 0.05) is 5.56 Å². The molecule has 0 aliphatic carbocycles. The molecular weight excluding hydrogens is 232 g/mol.